The predicted molar refractivity (Wildman–Crippen MR) is 85.3 cm³/mol. The van der Waals surface area contributed by atoms with Gasteiger partial charge in [-0.15, -0.1) is 0 Å². The molecule has 0 amide bonds. The Morgan fingerprint density at radius 2 is 1.71 bits per heavy atom. The van der Waals surface area contributed by atoms with Crippen molar-refractivity contribution in [3.63, 3.8) is 0 Å². The molecule has 1 aromatic heterocycles. The Hall–Kier alpha value is -1.91. The minimum Gasteiger partial charge on any atom is -0.496 e. The first kappa shape index (κ1) is 15.5. The Morgan fingerprint density at radius 1 is 1.05 bits per heavy atom. The fourth-order valence-electron chi connectivity index (χ4n) is 2.66. The van der Waals surface area contributed by atoms with Crippen LogP contribution in [0.15, 0.2) is 24.3 Å². The average Bonchev–Trinajstić information content (AvgIpc) is 2.45. The number of hydrogen-bond acceptors (Lipinski definition) is 4. The van der Waals surface area contributed by atoms with Gasteiger partial charge in [-0.3, -0.25) is 10.8 Å². The van der Waals surface area contributed by atoms with Gasteiger partial charge in [-0.25, -0.2) is 5.43 Å². The van der Waals surface area contributed by atoms with Gasteiger partial charge in [-0.05, 0) is 50.5 Å². The lowest BCUT2D eigenvalue weighted by molar-refractivity contribution is 0.400. The number of methoxy groups -OCH3 is 1. The number of nitrogens with one attached hydrogen (secondary N) is 1. The van der Waals surface area contributed by atoms with Crippen molar-refractivity contribution >= 4 is 0 Å². The van der Waals surface area contributed by atoms with E-state index in [1.54, 1.807) is 7.11 Å². The van der Waals surface area contributed by atoms with Crippen molar-refractivity contribution in [2.45, 2.75) is 33.7 Å². The van der Waals surface area contributed by atoms with Gasteiger partial charge >= 0.3 is 0 Å². The topological polar surface area (TPSA) is 60.2 Å². The maximum atomic E-state index is 5.82. The minimum atomic E-state index is -0.146. The van der Waals surface area contributed by atoms with Crippen molar-refractivity contribution < 1.29 is 4.74 Å². The van der Waals surface area contributed by atoms with E-state index in [-0.39, 0.29) is 6.04 Å². The smallest absolute Gasteiger partial charge is 0.127 e. The van der Waals surface area contributed by atoms with Gasteiger partial charge in [0, 0.05) is 17.0 Å². The number of nitrogens with two attached hydrogens (primary N) is 1. The Labute approximate surface area is 126 Å². The Morgan fingerprint density at radius 3 is 2.29 bits per heavy atom. The number of pyridine rings is 1. The van der Waals surface area contributed by atoms with Gasteiger partial charge in [0.2, 0.25) is 0 Å². The Bertz CT molecular complexity index is 653. The fourth-order valence-corrected chi connectivity index (χ4v) is 2.66. The van der Waals surface area contributed by atoms with E-state index in [1.165, 1.54) is 5.56 Å². The lowest BCUT2D eigenvalue weighted by Crippen LogP contribution is -2.30. The molecule has 0 fully saturated rings. The summed E-state index contributed by atoms with van der Waals surface area (Å²) in [7, 11) is 1.69. The summed E-state index contributed by atoms with van der Waals surface area (Å²) in [6, 6.07) is 8.07. The summed E-state index contributed by atoms with van der Waals surface area (Å²) in [6.07, 6.45) is 0. The molecule has 2 rings (SSSR count). The predicted octanol–water partition coefficient (Wildman–Crippen LogP) is 2.88. The average molecular weight is 285 g/mol. The molecule has 1 heterocycles. The number of hydrogen-bond donors (Lipinski definition) is 2. The van der Waals surface area contributed by atoms with E-state index >= 15 is 0 Å². The van der Waals surface area contributed by atoms with Crippen LogP contribution in [0.25, 0.3) is 0 Å². The maximum Gasteiger partial charge on any atom is 0.127 e. The fraction of sp³-hybridized carbons (Fsp3) is 0.353. The van der Waals surface area contributed by atoms with Crippen LogP contribution in [-0.4, -0.2) is 12.1 Å². The van der Waals surface area contributed by atoms with Gasteiger partial charge in [-0.2, -0.15) is 0 Å². The van der Waals surface area contributed by atoms with Crippen molar-refractivity contribution in [1.29, 1.82) is 0 Å². The van der Waals surface area contributed by atoms with Crippen LogP contribution < -0.4 is 16.0 Å². The number of aromatic nitrogens is 1. The molecule has 0 saturated heterocycles. The van der Waals surface area contributed by atoms with Crippen LogP contribution in [0.3, 0.4) is 0 Å². The molecule has 0 bridgehead atoms. The number of rotatable bonds is 4. The van der Waals surface area contributed by atoms with Crippen molar-refractivity contribution in [2.24, 2.45) is 5.84 Å². The Balaban J connectivity index is 2.59. The molecule has 1 aromatic carbocycles. The first-order valence-electron chi connectivity index (χ1n) is 7.04. The standard InChI is InChI=1S/C17H23N3O/c1-10-6-8-15(17(21-5)12(10)3)16(20-18)14-9-7-11(2)19-13(14)4/h6-9,16,20H,18H2,1-5H3. The van der Waals surface area contributed by atoms with E-state index < -0.39 is 0 Å². The largest absolute Gasteiger partial charge is 0.496 e. The molecule has 1 atom stereocenters. The van der Waals surface area contributed by atoms with Crippen molar-refractivity contribution in [2.75, 3.05) is 7.11 Å². The zero-order valence-electron chi connectivity index (χ0n) is 13.3. The highest BCUT2D eigenvalue weighted by Gasteiger charge is 2.21. The van der Waals surface area contributed by atoms with Crippen LogP contribution in [0.2, 0.25) is 0 Å². The molecule has 0 aliphatic rings. The van der Waals surface area contributed by atoms with Crippen LogP contribution >= 0.6 is 0 Å². The van der Waals surface area contributed by atoms with Crippen molar-refractivity contribution in [3.05, 3.63) is 57.9 Å². The third-order valence-electron chi connectivity index (χ3n) is 3.97. The normalized spacial score (nSPS) is 12.3. The van der Waals surface area contributed by atoms with Crippen LogP contribution in [0.5, 0.6) is 5.75 Å². The molecular weight excluding hydrogens is 262 g/mol. The van der Waals surface area contributed by atoms with Gasteiger partial charge in [0.1, 0.15) is 5.75 Å². The quantitative estimate of drug-likeness (QED) is 0.670. The molecule has 0 spiro atoms. The van der Waals surface area contributed by atoms with Gasteiger partial charge in [0.15, 0.2) is 0 Å². The summed E-state index contributed by atoms with van der Waals surface area (Å²) < 4.78 is 5.61. The second-order valence-corrected chi connectivity index (χ2v) is 5.36. The molecule has 0 aliphatic heterocycles. The summed E-state index contributed by atoms with van der Waals surface area (Å²) in [5.41, 5.74) is 9.28. The highest BCUT2D eigenvalue weighted by molar-refractivity contribution is 5.50. The van der Waals surface area contributed by atoms with E-state index in [0.717, 1.165) is 33.8 Å². The van der Waals surface area contributed by atoms with Crippen molar-refractivity contribution in [3.8, 4) is 5.75 Å². The van der Waals surface area contributed by atoms with E-state index in [1.807, 2.05) is 19.9 Å². The second-order valence-electron chi connectivity index (χ2n) is 5.36. The second kappa shape index (κ2) is 6.24. The number of hydrazine groups is 1. The summed E-state index contributed by atoms with van der Waals surface area (Å²) in [6.45, 7) is 8.12. The molecule has 112 valence electrons. The lowest BCUT2D eigenvalue weighted by Gasteiger charge is -2.23. The van der Waals surface area contributed by atoms with E-state index in [9.17, 15) is 0 Å². The molecule has 4 nitrogen and oxygen atoms in total. The molecule has 4 heteroatoms. The lowest BCUT2D eigenvalue weighted by atomic mass is 9.94. The van der Waals surface area contributed by atoms with Gasteiger partial charge in [0.05, 0.1) is 13.2 Å². The summed E-state index contributed by atoms with van der Waals surface area (Å²) in [4.78, 5) is 4.53. The molecular formula is C17H23N3O. The molecule has 3 N–H and O–H groups in total. The van der Waals surface area contributed by atoms with E-state index in [0.29, 0.717) is 0 Å². The summed E-state index contributed by atoms with van der Waals surface area (Å²) in [5, 5.41) is 0. The van der Waals surface area contributed by atoms with Crippen molar-refractivity contribution in [1.82, 2.24) is 10.4 Å². The number of nitrogens with zero attached hydrogens (tertiary/aromatic N) is 1. The molecule has 0 saturated carbocycles. The zero-order chi connectivity index (χ0) is 15.6. The first-order valence-corrected chi connectivity index (χ1v) is 7.04. The van der Waals surface area contributed by atoms with Crippen LogP contribution in [0.4, 0.5) is 0 Å². The number of benzene rings is 1. The zero-order valence-corrected chi connectivity index (χ0v) is 13.3. The highest BCUT2D eigenvalue weighted by Crippen LogP contribution is 2.34. The number of ether oxygens (including phenoxy) is 1. The molecule has 0 radical (unpaired) electrons. The van der Waals surface area contributed by atoms with Crippen LogP contribution in [-0.2, 0) is 0 Å². The van der Waals surface area contributed by atoms with Gasteiger partial charge in [0.25, 0.3) is 0 Å². The van der Waals surface area contributed by atoms with Gasteiger partial charge in [-0.1, -0.05) is 18.2 Å². The first-order chi connectivity index (χ1) is 9.99. The molecule has 21 heavy (non-hydrogen) atoms. The molecule has 1 unspecified atom stereocenters. The SMILES string of the molecule is COc1c(C(NN)c2ccc(C)nc2C)ccc(C)c1C. The van der Waals surface area contributed by atoms with Crippen LogP contribution in [0.1, 0.15) is 39.7 Å². The Kier molecular flexibility index (Phi) is 4.60. The maximum absolute atomic E-state index is 5.82. The molecule has 0 aliphatic carbocycles. The van der Waals surface area contributed by atoms with Gasteiger partial charge < -0.3 is 4.74 Å². The molecule has 2 aromatic rings. The summed E-state index contributed by atoms with van der Waals surface area (Å²) >= 11 is 0. The number of aryl methyl sites for hydroxylation is 3. The van der Waals surface area contributed by atoms with E-state index in [4.69, 9.17) is 10.6 Å². The third-order valence-corrected chi connectivity index (χ3v) is 3.97. The van der Waals surface area contributed by atoms with Crippen LogP contribution in [0, 0.1) is 27.7 Å². The van der Waals surface area contributed by atoms with E-state index in [2.05, 4.69) is 42.5 Å². The summed E-state index contributed by atoms with van der Waals surface area (Å²) in [5.74, 6) is 6.70. The highest BCUT2D eigenvalue weighted by atomic mass is 16.5. The monoisotopic (exact) mass is 285 g/mol. The minimum absolute atomic E-state index is 0.146. The third kappa shape index (κ3) is 2.91.